The van der Waals surface area contributed by atoms with Crippen molar-refractivity contribution in [2.75, 3.05) is 4.90 Å². The van der Waals surface area contributed by atoms with E-state index in [1.807, 2.05) is 0 Å². The third-order valence-corrected chi connectivity index (χ3v) is 12.7. The van der Waals surface area contributed by atoms with Crippen LogP contribution in [0, 0.1) is 0 Å². The lowest BCUT2D eigenvalue weighted by Crippen LogP contribution is -2.28. The van der Waals surface area contributed by atoms with Gasteiger partial charge in [0.2, 0.25) is 0 Å². The van der Waals surface area contributed by atoms with Crippen LogP contribution in [0.3, 0.4) is 0 Å². The normalized spacial score (nSPS) is 12.7. The summed E-state index contributed by atoms with van der Waals surface area (Å²) in [5, 5.41) is 4.57. The number of rotatable bonds is 7. The molecule has 0 fully saturated rings. The molecule has 1 aromatic heterocycles. The average Bonchev–Trinajstić information content (AvgIpc) is 3.85. The Labute approximate surface area is 355 Å². The lowest BCUT2D eigenvalue weighted by Gasteiger charge is -2.35. The van der Waals surface area contributed by atoms with Crippen molar-refractivity contribution >= 4 is 49.8 Å². The summed E-state index contributed by atoms with van der Waals surface area (Å²) in [6.07, 6.45) is 0. The fourth-order valence-corrected chi connectivity index (χ4v) is 10.0. The minimum Gasteiger partial charge on any atom is -0.455 e. The summed E-state index contributed by atoms with van der Waals surface area (Å²) in [4.78, 5) is 2.43. The Bertz CT molecular complexity index is 3350. The van der Waals surface area contributed by atoms with Crippen molar-refractivity contribution in [3.8, 4) is 33.4 Å². The van der Waals surface area contributed by atoms with Crippen LogP contribution in [0.2, 0.25) is 0 Å². The first-order valence-electron chi connectivity index (χ1n) is 21.0. The van der Waals surface area contributed by atoms with Gasteiger partial charge in [-0.2, -0.15) is 0 Å². The molecule has 0 atom stereocenters. The van der Waals surface area contributed by atoms with E-state index in [0.29, 0.717) is 0 Å². The van der Waals surface area contributed by atoms with Crippen LogP contribution in [0.4, 0.5) is 17.1 Å². The first kappa shape index (κ1) is 35.0. The fraction of sp³-hybridized carbons (Fsp3) is 0.0169. The molecule has 12 rings (SSSR count). The maximum atomic E-state index is 7.02. The molecule has 1 aliphatic carbocycles. The fourth-order valence-electron chi connectivity index (χ4n) is 10.0. The van der Waals surface area contributed by atoms with Crippen molar-refractivity contribution in [3.05, 3.63) is 259 Å². The van der Waals surface area contributed by atoms with Crippen LogP contribution in [-0.2, 0) is 5.41 Å². The molecule has 1 heterocycles. The molecule has 0 radical (unpaired) electrons. The molecule has 1 aliphatic rings. The van der Waals surface area contributed by atoms with Gasteiger partial charge in [-0.3, -0.25) is 0 Å². The molecule has 61 heavy (non-hydrogen) atoms. The Morgan fingerprint density at radius 1 is 0.361 bits per heavy atom. The summed E-state index contributed by atoms with van der Waals surface area (Å²) >= 11 is 0. The number of nitrogens with zero attached hydrogens (tertiary/aromatic N) is 1. The number of benzene rings is 10. The monoisotopic (exact) mass is 777 g/mol. The maximum Gasteiger partial charge on any atom is 0.145 e. The number of anilines is 3. The second kappa shape index (κ2) is 14.1. The average molecular weight is 778 g/mol. The van der Waals surface area contributed by atoms with Crippen LogP contribution in [-0.4, -0.2) is 0 Å². The van der Waals surface area contributed by atoms with E-state index in [-0.39, 0.29) is 0 Å². The first-order valence-corrected chi connectivity index (χ1v) is 21.0. The van der Waals surface area contributed by atoms with Crippen molar-refractivity contribution in [2.24, 2.45) is 0 Å². The molecule has 2 nitrogen and oxygen atoms in total. The van der Waals surface area contributed by atoms with Gasteiger partial charge in [-0.25, -0.2) is 0 Å². The van der Waals surface area contributed by atoms with Gasteiger partial charge in [0, 0.05) is 27.7 Å². The Hall–Kier alpha value is -7.94. The zero-order valence-electron chi connectivity index (χ0n) is 33.4. The minimum absolute atomic E-state index is 0.541. The maximum absolute atomic E-state index is 7.02. The highest BCUT2D eigenvalue weighted by Crippen LogP contribution is 2.58. The Morgan fingerprint density at radius 2 is 0.902 bits per heavy atom. The number of furan rings is 1. The van der Waals surface area contributed by atoms with Gasteiger partial charge < -0.3 is 9.32 Å². The molecule has 10 aromatic carbocycles. The van der Waals surface area contributed by atoms with Gasteiger partial charge in [0.15, 0.2) is 0 Å². The van der Waals surface area contributed by atoms with E-state index >= 15 is 0 Å². The highest BCUT2D eigenvalue weighted by Gasteiger charge is 2.46. The molecular weight excluding hydrogens is 739 g/mol. The minimum atomic E-state index is -0.541. The van der Waals surface area contributed by atoms with Gasteiger partial charge in [-0.15, -0.1) is 0 Å². The Morgan fingerprint density at radius 3 is 1.59 bits per heavy atom. The standard InChI is InChI=1S/C59H39NO/c1-5-17-40(18-6-1)41-29-31-47(32-30-41)60(55-36-35-51-52-37-43-21-13-14-22-44(43)38-56(52)61-58(51)57(55)42-19-7-2-8-20-42)48-33-34-50-49-27-15-16-28-53(49)59(54(50)39-48,45-23-9-3-10-24-45)46-25-11-4-12-26-46/h1-39H. The van der Waals surface area contributed by atoms with Crippen molar-refractivity contribution in [1.82, 2.24) is 0 Å². The molecule has 0 saturated heterocycles. The molecule has 2 heteroatoms. The smallest absolute Gasteiger partial charge is 0.145 e. The quantitative estimate of drug-likeness (QED) is 0.160. The van der Waals surface area contributed by atoms with Gasteiger partial charge in [0.25, 0.3) is 0 Å². The van der Waals surface area contributed by atoms with Gasteiger partial charge in [0.05, 0.1) is 11.1 Å². The molecule has 0 amide bonds. The molecule has 0 spiro atoms. The second-order valence-electron chi connectivity index (χ2n) is 16.0. The van der Waals surface area contributed by atoms with Crippen molar-refractivity contribution < 1.29 is 4.42 Å². The van der Waals surface area contributed by atoms with Crippen molar-refractivity contribution in [1.29, 1.82) is 0 Å². The molecule has 0 N–H and O–H groups in total. The van der Waals surface area contributed by atoms with Crippen LogP contribution in [0.5, 0.6) is 0 Å². The summed E-state index contributed by atoms with van der Waals surface area (Å²) in [6.45, 7) is 0. The predicted molar refractivity (Wildman–Crippen MR) is 254 cm³/mol. The van der Waals surface area contributed by atoms with Crippen LogP contribution in [0.1, 0.15) is 22.3 Å². The largest absolute Gasteiger partial charge is 0.455 e. The lowest BCUT2D eigenvalue weighted by molar-refractivity contribution is 0.670. The molecule has 0 aliphatic heterocycles. The van der Waals surface area contributed by atoms with Gasteiger partial charge in [-0.1, -0.05) is 188 Å². The van der Waals surface area contributed by atoms with E-state index in [4.69, 9.17) is 4.42 Å². The summed E-state index contributed by atoms with van der Waals surface area (Å²) in [5.74, 6) is 0. The third-order valence-electron chi connectivity index (χ3n) is 12.7. The first-order chi connectivity index (χ1) is 30.3. The number of hydrogen-bond donors (Lipinski definition) is 0. The van der Waals surface area contributed by atoms with E-state index < -0.39 is 5.41 Å². The van der Waals surface area contributed by atoms with Crippen molar-refractivity contribution in [3.63, 3.8) is 0 Å². The number of hydrogen-bond acceptors (Lipinski definition) is 2. The predicted octanol–water partition coefficient (Wildman–Crippen LogP) is 15.9. The Kier molecular flexibility index (Phi) is 8.11. The molecule has 0 saturated carbocycles. The van der Waals surface area contributed by atoms with Gasteiger partial charge in [0.1, 0.15) is 11.2 Å². The molecule has 0 unspecified atom stereocenters. The zero-order chi connectivity index (χ0) is 40.3. The Balaban J connectivity index is 1.16. The third kappa shape index (κ3) is 5.50. The summed E-state index contributed by atoms with van der Waals surface area (Å²) in [6, 6.07) is 86.0. The molecule has 0 bridgehead atoms. The highest BCUT2D eigenvalue weighted by atomic mass is 16.3. The molecule has 11 aromatic rings. The second-order valence-corrected chi connectivity index (χ2v) is 16.0. The van der Waals surface area contributed by atoms with Crippen LogP contribution in [0.15, 0.2) is 241 Å². The van der Waals surface area contributed by atoms with E-state index in [2.05, 4.69) is 241 Å². The van der Waals surface area contributed by atoms with Crippen LogP contribution in [0.25, 0.3) is 66.1 Å². The van der Waals surface area contributed by atoms with E-state index in [1.165, 1.54) is 49.9 Å². The topological polar surface area (TPSA) is 16.4 Å². The van der Waals surface area contributed by atoms with Gasteiger partial charge >= 0.3 is 0 Å². The molecule has 286 valence electrons. The summed E-state index contributed by atoms with van der Waals surface area (Å²) in [5.41, 5.74) is 16.4. The number of fused-ring (bicyclic) bond motifs is 7. The lowest BCUT2D eigenvalue weighted by atomic mass is 9.67. The summed E-state index contributed by atoms with van der Waals surface area (Å²) in [7, 11) is 0. The van der Waals surface area contributed by atoms with E-state index in [0.717, 1.165) is 55.5 Å². The van der Waals surface area contributed by atoms with E-state index in [9.17, 15) is 0 Å². The van der Waals surface area contributed by atoms with E-state index in [1.54, 1.807) is 0 Å². The molecular formula is C59H39NO. The highest BCUT2D eigenvalue weighted by molar-refractivity contribution is 6.16. The van der Waals surface area contributed by atoms with Gasteiger partial charge in [-0.05, 0) is 109 Å². The zero-order valence-corrected chi connectivity index (χ0v) is 33.4. The summed E-state index contributed by atoms with van der Waals surface area (Å²) < 4.78 is 7.02. The van der Waals surface area contributed by atoms with Crippen LogP contribution >= 0.6 is 0 Å². The SMILES string of the molecule is c1ccc(-c2ccc(N(c3ccc4c(c3)C(c3ccccc3)(c3ccccc3)c3ccccc3-4)c3ccc4c(oc5cc6ccccc6cc54)c3-c3ccccc3)cc2)cc1. The van der Waals surface area contributed by atoms with Crippen LogP contribution < -0.4 is 4.90 Å². The van der Waals surface area contributed by atoms with Crippen molar-refractivity contribution in [2.45, 2.75) is 5.41 Å².